The summed E-state index contributed by atoms with van der Waals surface area (Å²) < 4.78 is 67.1. The van der Waals surface area contributed by atoms with E-state index in [1.807, 2.05) is 6.92 Å². The largest absolute Gasteiger partial charge is 0.417 e. The van der Waals surface area contributed by atoms with Crippen LogP contribution in [0.1, 0.15) is 47.8 Å². The van der Waals surface area contributed by atoms with Crippen LogP contribution >= 0.6 is 0 Å². The maximum absolute atomic E-state index is 14.7. The predicted octanol–water partition coefficient (Wildman–Crippen LogP) is 4.83. The number of pyridine rings is 1. The second-order valence-corrected chi connectivity index (χ2v) is 8.36. The molecule has 34 heavy (non-hydrogen) atoms. The van der Waals surface area contributed by atoms with Gasteiger partial charge in [-0.05, 0) is 49.8 Å². The number of likely N-dealkylation sites (tertiary alicyclic amines) is 1. The monoisotopic (exact) mass is 479 g/mol. The molecule has 4 rings (SSSR count). The molecule has 11 heteroatoms. The average molecular weight is 479 g/mol. The van der Waals surface area contributed by atoms with Gasteiger partial charge in [0.2, 0.25) is 0 Å². The molecule has 1 saturated heterocycles. The third-order valence-corrected chi connectivity index (χ3v) is 6.10. The summed E-state index contributed by atoms with van der Waals surface area (Å²) >= 11 is 0. The highest BCUT2D eigenvalue weighted by Gasteiger charge is 2.35. The van der Waals surface area contributed by atoms with E-state index in [-0.39, 0.29) is 23.2 Å². The van der Waals surface area contributed by atoms with Gasteiger partial charge in [-0.25, -0.2) is 8.78 Å². The summed E-state index contributed by atoms with van der Waals surface area (Å²) in [5, 5.41) is 7.77. The summed E-state index contributed by atoms with van der Waals surface area (Å²) in [5.41, 5.74) is -0.790. The van der Waals surface area contributed by atoms with Crippen LogP contribution in [0.3, 0.4) is 0 Å². The van der Waals surface area contributed by atoms with E-state index in [0.29, 0.717) is 31.1 Å². The average Bonchev–Trinajstić information content (AvgIpc) is 3.31. The van der Waals surface area contributed by atoms with E-state index >= 15 is 0 Å². The zero-order valence-electron chi connectivity index (χ0n) is 18.3. The summed E-state index contributed by atoms with van der Waals surface area (Å²) in [5.74, 6) is -2.33. The molecule has 0 bridgehead atoms. The maximum atomic E-state index is 14.7. The standard InChI is InChI=1S/C23H22F5N5O/c1-14-3-2-10-32(20(14)7-6-17-5-4-15(13-29-17)23(26,27)28)22(34)18-11-16(24)12-19(25)21(18)33-30-8-9-31-33/h4-5,8-9,11-14,20H,2-3,6-7,10H2,1H3/t14-,20-/m1/s1. The number of amides is 1. The van der Waals surface area contributed by atoms with Crippen LogP contribution in [0.2, 0.25) is 0 Å². The molecule has 6 nitrogen and oxygen atoms in total. The predicted molar refractivity (Wildman–Crippen MR) is 112 cm³/mol. The number of benzene rings is 1. The van der Waals surface area contributed by atoms with E-state index in [9.17, 15) is 26.7 Å². The van der Waals surface area contributed by atoms with Gasteiger partial charge in [-0.1, -0.05) is 6.92 Å². The molecule has 0 unspecified atom stereocenters. The van der Waals surface area contributed by atoms with Crippen molar-refractivity contribution in [3.05, 3.63) is 71.3 Å². The maximum Gasteiger partial charge on any atom is 0.417 e. The first kappa shape index (κ1) is 23.8. The molecule has 1 aliphatic heterocycles. The number of alkyl halides is 3. The van der Waals surface area contributed by atoms with Crippen molar-refractivity contribution >= 4 is 5.91 Å². The van der Waals surface area contributed by atoms with Crippen molar-refractivity contribution in [1.29, 1.82) is 0 Å². The Labute approximate surface area is 192 Å². The van der Waals surface area contributed by atoms with Gasteiger partial charge in [0.05, 0.1) is 23.5 Å². The Kier molecular flexibility index (Phi) is 6.63. The molecule has 2 aromatic heterocycles. The van der Waals surface area contributed by atoms with Crippen molar-refractivity contribution in [2.75, 3.05) is 6.54 Å². The van der Waals surface area contributed by atoms with Crippen LogP contribution in [0.4, 0.5) is 22.0 Å². The molecule has 3 heterocycles. The number of nitrogens with zero attached hydrogens (tertiary/aromatic N) is 5. The molecule has 2 atom stereocenters. The number of piperidine rings is 1. The Bertz CT molecular complexity index is 1150. The van der Waals surface area contributed by atoms with Crippen molar-refractivity contribution in [1.82, 2.24) is 24.9 Å². The van der Waals surface area contributed by atoms with Crippen LogP contribution in [-0.2, 0) is 12.6 Å². The van der Waals surface area contributed by atoms with Crippen LogP contribution in [0.25, 0.3) is 5.69 Å². The molecule has 0 aliphatic carbocycles. The molecular formula is C23H22F5N5O. The lowest BCUT2D eigenvalue weighted by Gasteiger charge is -2.40. The Hall–Kier alpha value is -3.37. The molecule has 180 valence electrons. The molecular weight excluding hydrogens is 457 g/mol. The zero-order valence-corrected chi connectivity index (χ0v) is 18.3. The smallest absolute Gasteiger partial charge is 0.335 e. The number of rotatable bonds is 5. The number of carbonyl (C=O) groups excluding carboxylic acids is 1. The van der Waals surface area contributed by atoms with Crippen LogP contribution in [0.5, 0.6) is 0 Å². The second-order valence-electron chi connectivity index (χ2n) is 8.36. The Morgan fingerprint density at radius 1 is 1.15 bits per heavy atom. The SMILES string of the molecule is C[C@@H]1CCCN(C(=O)c2cc(F)cc(F)c2-n2nccn2)[C@@H]1CCc1ccc(C(F)(F)F)cn1. The van der Waals surface area contributed by atoms with Gasteiger partial charge in [-0.15, -0.1) is 4.80 Å². The van der Waals surface area contributed by atoms with Crippen molar-refractivity contribution < 1.29 is 26.7 Å². The first-order valence-electron chi connectivity index (χ1n) is 10.8. The second kappa shape index (κ2) is 9.47. The lowest BCUT2D eigenvalue weighted by molar-refractivity contribution is -0.137. The van der Waals surface area contributed by atoms with Gasteiger partial charge in [-0.2, -0.15) is 23.4 Å². The van der Waals surface area contributed by atoms with Crippen LogP contribution in [-0.4, -0.2) is 43.4 Å². The lowest BCUT2D eigenvalue weighted by atomic mass is 9.86. The van der Waals surface area contributed by atoms with Crippen molar-refractivity contribution in [3.8, 4) is 5.69 Å². The van der Waals surface area contributed by atoms with Crippen molar-refractivity contribution in [3.63, 3.8) is 0 Å². The molecule has 3 aromatic rings. The fraction of sp³-hybridized carbons (Fsp3) is 0.391. The van der Waals surface area contributed by atoms with Crippen LogP contribution in [0, 0.1) is 17.6 Å². The van der Waals surface area contributed by atoms with Gasteiger partial charge in [0.1, 0.15) is 11.5 Å². The summed E-state index contributed by atoms with van der Waals surface area (Å²) in [6, 6.07) is 3.66. The molecule has 1 aromatic carbocycles. The lowest BCUT2D eigenvalue weighted by Crippen LogP contribution is -2.48. The highest BCUT2D eigenvalue weighted by atomic mass is 19.4. The Morgan fingerprint density at radius 3 is 2.53 bits per heavy atom. The first-order chi connectivity index (χ1) is 16.1. The summed E-state index contributed by atoms with van der Waals surface area (Å²) in [6.45, 7) is 2.37. The summed E-state index contributed by atoms with van der Waals surface area (Å²) in [6.07, 6.45) is 1.32. The molecule has 1 amide bonds. The minimum Gasteiger partial charge on any atom is -0.335 e. The van der Waals surface area contributed by atoms with Gasteiger partial charge in [-0.3, -0.25) is 9.78 Å². The third kappa shape index (κ3) is 4.92. The first-order valence-corrected chi connectivity index (χ1v) is 10.8. The molecule has 1 aliphatic rings. The number of hydrogen-bond donors (Lipinski definition) is 0. The molecule has 0 N–H and O–H groups in total. The number of aromatic nitrogens is 4. The molecule has 0 spiro atoms. The van der Waals surface area contributed by atoms with Crippen molar-refractivity contribution in [2.24, 2.45) is 5.92 Å². The molecule has 0 radical (unpaired) electrons. The van der Waals surface area contributed by atoms with Crippen LogP contribution < -0.4 is 0 Å². The number of carbonyl (C=O) groups is 1. The van der Waals surface area contributed by atoms with Gasteiger partial charge in [0.25, 0.3) is 5.91 Å². The normalized spacial score (nSPS) is 18.8. The topological polar surface area (TPSA) is 63.9 Å². The third-order valence-electron chi connectivity index (χ3n) is 6.10. The Balaban J connectivity index is 1.59. The fourth-order valence-corrected chi connectivity index (χ4v) is 4.40. The van der Waals surface area contributed by atoms with Crippen molar-refractivity contribution in [2.45, 2.75) is 44.8 Å². The van der Waals surface area contributed by atoms with E-state index in [1.54, 1.807) is 4.90 Å². The number of hydrogen-bond acceptors (Lipinski definition) is 4. The molecule has 1 fully saturated rings. The van der Waals surface area contributed by atoms with E-state index in [0.717, 1.165) is 36.0 Å². The van der Waals surface area contributed by atoms with Gasteiger partial charge >= 0.3 is 6.18 Å². The van der Waals surface area contributed by atoms with E-state index < -0.39 is 29.3 Å². The van der Waals surface area contributed by atoms with Gasteiger partial charge in [0, 0.05) is 30.5 Å². The minimum absolute atomic E-state index is 0.0804. The van der Waals surface area contributed by atoms with Gasteiger partial charge in [0.15, 0.2) is 5.82 Å². The highest BCUT2D eigenvalue weighted by molar-refractivity contribution is 5.98. The van der Waals surface area contributed by atoms with E-state index in [2.05, 4.69) is 15.2 Å². The molecule has 0 saturated carbocycles. The zero-order chi connectivity index (χ0) is 24.5. The highest BCUT2D eigenvalue weighted by Crippen LogP contribution is 2.31. The Morgan fingerprint density at radius 2 is 1.88 bits per heavy atom. The minimum atomic E-state index is -4.46. The van der Waals surface area contributed by atoms with Gasteiger partial charge < -0.3 is 4.90 Å². The van der Waals surface area contributed by atoms with Crippen LogP contribution in [0.15, 0.2) is 42.9 Å². The number of aryl methyl sites for hydroxylation is 1. The van der Waals surface area contributed by atoms with E-state index in [4.69, 9.17) is 0 Å². The fourth-order valence-electron chi connectivity index (χ4n) is 4.40. The quantitative estimate of drug-likeness (QED) is 0.492. The number of halogens is 5. The summed E-state index contributed by atoms with van der Waals surface area (Å²) in [7, 11) is 0. The van der Waals surface area contributed by atoms with E-state index in [1.165, 1.54) is 18.5 Å². The summed E-state index contributed by atoms with van der Waals surface area (Å²) in [4.78, 5) is 20.0.